The van der Waals surface area contributed by atoms with Gasteiger partial charge in [-0.2, -0.15) is 0 Å². The molecule has 1 saturated heterocycles. The van der Waals surface area contributed by atoms with Gasteiger partial charge in [-0.3, -0.25) is 4.99 Å². The number of aromatic nitrogens is 3. The zero-order chi connectivity index (χ0) is 18.1. The van der Waals surface area contributed by atoms with E-state index in [1.165, 1.54) is 18.0 Å². The van der Waals surface area contributed by atoms with Gasteiger partial charge in [-0.05, 0) is 25.0 Å². The molecule has 2 aliphatic heterocycles. The van der Waals surface area contributed by atoms with Gasteiger partial charge in [0.15, 0.2) is 5.17 Å². The number of hydrogen-bond donors (Lipinski definition) is 0. The smallest absolute Gasteiger partial charge is 0.209 e. The number of amidine groups is 1. The molecule has 1 aromatic carbocycles. The predicted octanol–water partition coefficient (Wildman–Crippen LogP) is 3.04. The molecule has 1 unspecified atom stereocenters. The van der Waals surface area contributed by atoms with Gasteiger partial charge < -0.3 is 9.64 Å². The van der Waals surface area contributed by atoms with E-state index in [1.807, 2.05) is 22.5 Å². The van der Waals surface area contributed by atoms with Crippen molar-refractivity contribution in [3.63, 3.8) is 0 Å². The average Bonchev–Trinajstić information content (AvgIpc) is 3.31. The number of aliphatic imine (C=N–C) groups is 1. The molecule has 3 aliphatic rings. The van der Waals surface area contributed by atoms with Crippen molar-refractivity contribution in [1.82, 2.24) is 19.7 Å². The Kier molecular flexibility index (Phi) is 5.11. The van der Waals surface area contributed by atoms with Crippen molar-refractivity contribution in [3.8, 4) is 5.69 Å². The molecule has 1 atom stereocenters. The van der Waals surface area contributed by atoms with Crippen LogP contribution in [0.3, 0.4) is 0 Å². The summed E-state index contributed by atoms with van der Waals surface area (Å²) >= 11 is 3.66. The Balaban J connectivity index is 1.22. The lowest BCUT2D eigenvalue weighted by Crippen LogP contribution is -2.39. The van der Waals surface area contributed by atoms with E-state index in [0.717, 1.165) is 55.3 Å². The number of thioether (sulfide) groups is 2. The Hall–Kier alpha value is -1.51. The first-order chi connectivity index (χ1) is 13.4. The quantitative estimate of drug-likeness (QED) is 0.718. The Morgan fingerprint density at radius 2 is 1.96 bits per heavy atom. The van der Waals surface area contributed by atoms with Crippen LogP contribution in [-0.4, -0.2) is 68.7 Å². The third-order valence-corrected chi connectivity index (χ3v) is 7.40. The topological polar surface area (TPSA) is 55.5 Å². The van der Waals surface area contributed by atoms with Crippen molar-refractivity contribution in [2.45, 2.75) is 29.2 Å². The zero-order valence-electron chi connectivity index (χ0n) is 15.2. The van der Waals surface area contributed by atoms with Crippen LogP contribution in [-0.2, 0) is 4.74 Å². The summed E-state index contributed by atoms with van der Waals surface area (Å²) in [5, 5.41) is 7.38. The molecule has 6 nitrogen and oxygen atoms in total. The second-order valence-corrected chi connectivity index (χ2v) is 9.30. The fraction of sp³-hybridized carbons (Fsp3) is 0.526. The van der Waals surface area contributed by atoms with Gasteiger partial charge in [0.05, 0.1) is 25.4 Å². The minimum atomic E-state index is 0.501. The van der Waals surface area contributed by atoms with E-state index in [-0.39, 0.29) is 0 Å². The molecule has 0 spiro atoms. The van der Waals surface area contributed by atoms with Crippen LogP contribution in [0.1, 0.15) is 24.6 Å². The molecule has 3 heterocycles. The monoisotopic (exact) mass is 401 g/mol. The van der Waals surface area contributed by atoms with E-state index in [4.69, 9.17) is 19.8 Å². The highest BCUT2D eigenvalue weighted by molar-refractivity contribution is 8.15. The molecule has 0 N–H and O–H groups in total. The molecule has 0 bridgehead atoms. The lowest BCUT2D eigenvalue weighted by Gasteiger charge is -2.28. The second kappa shape index (κ2) is 7.85. The van der Waals surface area contributed by atoms with Gasteiger partial charge in [-0.15, -0.1) is 5.10 Å². The number of rotatable bonds is 5. The van der Waals surface area contributed by atoms with E-state index in [2.05, 4.69) is 29.2 Å². The second-order valence-electron chi connectivity index (χ2n) is 7.05. The van der Waals surface area contributed by atoms with Crippen LogP contribution < -0.4 is 0 Å². The van der Waals surface area contributed by atoms with E-state index in [1.54, 1.807) is 11.8 Å². The minimum Gasteiger partial charge on any atom is -0.378 e. The standard InChI is InChI=1S/C19H23N5OS2/c1-2-4-15(5-3-1)24-17(14-6-7-14)21-18(22-24)26-13-16-12-20-19(27-16)23-8-10-25-11-9-23/h1-5,14,16H,6-13H2. The first-order valence-electron chi connectivity index (χ1n) is 9.56. The summed E-state index contributed by atoms with van der Waals surface area (Å²) in [5.74, 6) is 2.68. The Morgan fingerprint density at radius 3 is 2.74 bits per heavy atom. The number of nitrogens with zero attached hydrogens (tertiary/aromatic N) is 5. The predicted molar refractivity (Wildman–Crippen MR) is 110 cm³/mol. The summed E-state index contributed by atoms with van der Waals surface area (Å²) in [5.41, 5.74) is 1.10. The van der Waals surface area contributed by atoms with Crippen molar-refractivity contribution in [2.24, 2.45) is 4.99 Å². The van der Waals surface area contributed by atoms with Crippen LogP contribution in [0.2, 0.25) is 0 Å². The van der Waals surface area contributed by atoms with Gasteiger partial charge >= 0.3 is 0 Å². The van der Waals surface area contributed by atoms with Crippen LogP contribution >= 0.6 is 23.5 Å². The van der Waals surface area contributed by atoms with Crippen molar-refractivity contribution < 1.29 is 4.74 Å². The number of benzene rings is 1. The van der Waals surface area contributed by atoms with Crippen molar-refractivity contribution in [2.75, 3.05) is 38.6 Å². The van der Waals surface area contributed by atoms with Gasteiger partial charge in [0, 0.05) is 30.0 Å². The first kappa shape index (κ1) is 17.6. The molecule has 2 aromatic rings. The minimum absolute atomic E-state index is 0.501. The molecule has 142 valence electrons. The largest absolute Gasteiger partial charge is 0.378 e. The van der Waals surface area contributed by atoms with E-state index < -0.39 is 0 Å². The summed E-state index contributed by atoms with van der Waals surface area (Å²) in [4.78, 5) is 12.0. The molecular weight excluding hydrogens is 378 g/mol. The maximum Gasteiger partial charge on any atom is 0.209 e. The number of morpholine rings is 1. The fourth-order valence-electron chi connectivity index (χ4n) is 3.32. The molecule has 1 aromatic heterocycles. The molecule has 0 amide bonds. The van der Waals surface area contributed by atoms with Gasteiger partial charge in [0.2, 0.25) is 5.16 Å². The molecular formula is C19H23N5OS2. The van der Waals surface area contributed by atoms with Crippen molar-refractivity contribution >= 4 is 28.7 Å². The van der Waals surface area contributed by atoms with Gasteiger partial charge in [-0.25, -0.2) is 9.67 Å². The maximum atomic E-state index is 5.44. The fourth-order valence-corrected chi connectivity index (χ4v) is 5.46. The van der Waals surface area contributed by atoms with Gasteiger partial charge in [0.1, 0.15) is 5.82 Å². The lowest BCUT2D eigenvalue weighted by molar-refractivity contribution is 0.0693. The highest BCUT2D eigenvalue weighted by atomic mass is 32.2. The first-order valence-corrected chi connectivity index (χ1v) is 11.4. The molecule has 2 fully saturated rings. The molecule has 8 heteroatoms. The van der Waals surface area contributed by atoms with Crippen LogP contribution in [0, 0.1) is 0 Å². The van der Waals surface area contributed by atoms with Crippen LogP contribution in [0.5, 0.6) is 0 Å². The summed E-state index contributed by atoms with van der Waals surface area (Å²) in [6.45, 7) is 4.42. The van der Waals surface area contributed by atoms with Gasteiger partial charge in [0.25, 0.3) is 0 Å². The summed E-state index contributed by atoms with van der Waals surface area (Å²) in [6.07, 6.45) is 2.45. The molecule has 0 radical (unpaired) electrons. The normalized spacial score (nSPS) is 22.9. The Labute approximate surface area is 167 Å². The van der Waals surface area contributed by atoms with E-state index in [9.17, 15) is 0 Å². The van der Waals surface area contributed by atoms with Crippen LogP contribution in [0.15, 0.2) is 40.5 Å². The zero-order valence-corrected chi connectivity index (χ0v) is 16.8. The number of ether oxygens (including phenoxy) is 1. The average molecular weight is 402 g/mol. The van der Waals surface area contributed by atoms with E-state index >= 15 is 0 Å². The van der Waals surface area contributed by atoms with E-state index in [0.29, 0.717) is 11.2 Å². The third kappa shape index (κ3) is 4.02. The lowest BCUT2D eigenvalue weighted by atomic mass is 10.3. The summed E-state index contributed by atoms with van der Waals surface area (Å²) < 4.78 is 7.48. The van der Waals surface area contributed by atoms with Crippen molar-refractivity contribution in [3.05, 3.63) is 36.2 Å². The van der Waals surface area contributed by atoms with Crippen LogP contribution in [0.25, 0.3) is 5.69 Å². The van der Waals surface area contributed by atoms with Crippen LogP contribution in [0.4, 0.5) is 0 Å². The molecule has 5 rings (SSSR count). The SMILES string of the molecule is c1ccc(-n2nc(SCC3CN=C(N4CCOCC4)S3)nc2C2CC2)cc1. The Bertz CT molecular complexity index is 815. The molecule has 1 aliphatic carbocycles. The third-order valence-electron chi connectivity index (χ3n) is 4.94. The Morgan fingerprint density at radius 1 is 1.15 bits per heavy atom. The molecule has 27 heavy (non-hydrogen) atoms. The van der Waals surface area contributed by atoms with Gasteiger partial charge in [-0.1, -0.05) is 41.7 Å². The van der Waals surface area contributed by atoms with Crippen molar-refractivity contribution in [1.29, 1.82) is 0 Å². The highest BCUT2D eigenvalue weighted by Crippen LogP contribution is 2.40. The number of para-hydroxylation sites is 1. The summed E-state index contributed by atoms with van der Waals surface area (Å²) in [6, 6.07) is 10.4. The maximum absolute atomic E-state index is 5.44. The molecule has 1 saturated carbocycles. The highest BCUT2D eigenvalue weighted by Gasteiger charge is 2.31. The summed E-state index contributed by atoms with van der Waals surface area (Å²) in [7, 11) is 0. The number of hydrogen-bond acceptors (Lipinski definition) is 7.